The van der Waals surface area contributed by atoms with Gasteiger partial charge < -0.3 is 4.74 Å². The second-order valence-electron chi connectivity index (χ2n) is 3.98. The van der Waals surface area contributed by atoms with Crippen LogP contribution < -0.4 is 4.74 Å². The molecule has 1 aromatic rings. The quantitative estimate of drug-likeness (QED) is 0.705. The van der Waals surface area contributed by atoms with Crippen molar-refractivity contribution in [3.8, 4) is 5.75 Å². The highest BCUT2D eigenvalue weighted by Gasteiger charge is 2.07. The van der Waals surface area contributed by atoms with Crippen LogP contribution in [0.2, 0.25) is 0 Å². The van der Waals surface area contributed by atoms with E-state index < -0.39 is 0 Å². The molecule has 1 heteroatoms. The summed E-state index contributed by atoms with van der Waals surface area (Å²) in [5.41, 5.74) is 2.67. The average Bonchev–Trinajstić information content (AvgIpc) is 2.17. The Hall–Kier alpha value is -0.980. The minimum absolute atomic E-state index is 0.528. The third-order valence-corrected chi connectivity index (χ3v) is 2.46. The summed E-state index contributed by atoms with van der Waals surface area (Å²) >= 11 is 0. The first-order valence-electron chi connectivity index (χ1n) is 5.35. The zero-order valence-corrected chi connectivity index (χ0v) is 9.63. The lowest BCUT2D eigenvalue weighted by Gasteiger charge is -2.12. The van der Waals surface area contributed by atoms with Crippen molar-refractivity contribution in [1.82, 2.24) is 0 Å². The van der Waals surface area contributed by atoms with Crippen molar-refractivity contribution in [2.75, 3.05) is 7.11 Å². The summed E-state index contributed by atoms with van der Waals surface area (Å²) in [5, 5.41) is 0. The van der Waals surface area contributed by atoms with Gasteiger partial charge in [-0.05, 0) is 29.5 Å². The van der Waals surface area contributed by atoms with E-state index in [1.807, 2.05) is 0 Å². The summed E-state index contributed by atoms with van der Waals surface area (Å²) in [7, 11) is 1.75. The molecule has 1 aromatic carbocycles. The smallest absolute Gasteiger partial charge is 0.122 e. The minimum Gasteiger partial charge on any atom is -0.496 e. The molecule has 0 N–H and O–H groups in total. The SMILES string of the molecule is CCCc1ccc(C(C)C)c(OC)c1. The van der Waals surface area contributed by atoms with E-state index in [1.165, 1.54) is 17.5 Å². The molecule has 0 aromatic heterocycles. The summed E-state index contributed by atoms with van der Waals surface area (Å²) < 4.78 is 5.39. The van der Waals surface area contributed by atoms with E-state index in [4.69, 9.17) is 4.74 Å². The van der Waals surface area contributed by atoms with Crippen molar-refractivity contribution in [3.05, 3.63) is 29.3 Å². The molecule has 0 radical (unpaired) electrons. The van der Waals surface area contributed by atoms with Crippen LogP contribution >= 0.6 is 0 Å². The van der Waals surface area contributed by atoms with Crippen molar-refractivity contribution in [2.24, 2.45) is 0 Å². The van der Waals surface area contributed by atoms with Crippen LogP contribution in [0.4, 0.5) is 0 Å². The van der Waals surface area contributed by atoms with Crippen molar-refractivity contribution in [2.45, 2.75) is 39.5 Å². The first kappa shape index (κ1) is 11.1. The molecular weight excluding hydrogens is 172 g/mol. The average molecular weight is 192 g/mol. The number of benzene rings is 1. The standard InChI is InChI=1S/C13H20O/c1-5-6-11-7-8-12(10(2)3)13(9-11)14-4/h7-10H,5-6H2,1-4H3. The molecule has 0 spiro atoms. The first-order valence-corrected chi connectivity index (χ1v) is 5.35. The molecule has 0 saturated heterocycles. The van der Waals surface area contributed by atoms with Crippen molar-refractivity contribution in [1.29, 1.82) is 0 Å². The Labute approximate surface area is 87.1 Å². The molecule has 1 rings (SSSR count). The van der Waals surface area contributed by atoms with Crippen LogP contribution in [-0.2, 0) is 6.42 Å². The molecule has 0 unspecified atom stereocenters. The van der Waals surface area contributed by atoms with Crippen molar-refractivity contribution >= 4 is 0 Å². The van der Waals surface area contributed by atoms with Gasteiger partial charge in [0.15, 0.2) is 0 Å². The first-order chi connectivity index (χ1) is 6.69. The van der Waals surface area contributed by atoms with Crippen LogP contribution in [0.1, 0.15) is 44.2 Å². The predicted molar refractivity (Wildman–Crippen MR) is 61.1 cm³/mol. The Morgan fingerprint density at radius 2 is 2.00 bits per heavy atom. The highest BCUT2D eigenvalue weighted by Crippen LogP contribution is 2.27. The van der Waals surface area contributed by atoms with Gasteiger partial charge >= 0.3 is 0 Å². The van der Waals surface area contributed by atoms with Gasteiger partial charge in [-0.2, -0.15) is 0 Å². The fourth-order valence-corrected chi connectivity index (χ4v) is 1.68. The molecule has 0 aliphatic heterocycles. The van der Waals surface area contributed by atoms with Crippen LogP contribution in [0.15, 0.2) is 18.2 Å². The Morgan fingerprint density at radius 1 is 1.29 bits per heavy atom. The lowest BCUT2D eigenvalue weighted by molar-refractivity contribution is 0.407. The van der Waals surface area contributed by atoms with E-state index in [1.54, 1.807) is 7.11 Å². The van der Waals surface area contributed by atoms with Gasteiger partial charge in [0, 0.05) is 0 Å². The largest absolute Gasteiger partial charge is 0.496 e. The third-order valence-electron chi connectivity index (χ3n) is 2.46. The summed E-state index contributed by atoms with van der Waals surface area (Å²) in [6.07, 6.45) is 2.32. The minimum atomic E-state index is 0.528. The van der Waals surface area contributed by atoms with Crippen LogP contribution in [0.25, 0.3) is 0 Å². The highest BCUT2D eigenvalue weighted by atomic mass is 16.5. The maximum atomic E-state index is 5.39. The van der Waals surface area contributed by atoms with Gasteiger partial charge in [-0.15, -0.1) is 0 Å². The predicted octanol–water partition coefficient (Wildman–Crippen LogP) is 3.77. The fraction of sp³-hybridized carbons (Fsp3) is 0.538. The maximum Gasteiger partial charge on any atom is 0.122 e. The molecule has 1 nitrogen and oxygen atoms in total. The van der Waals surface area contributed by atoms with Gasteiger partial charge in [0.25, 0.3) is 0 Å². The summed E-state index contributed by atoms with van der Waals surface area (Å²) in [5.74, 6) is 1.56. The second-order valence-corrected chi connectivity index (χ2v) is 3.98. The lowest BCUT2D eigenvalue weighted by atomic mass is 9.99. The normalized spacial score (nSPS) is 10.6. The molecule has 0 atom stereocenters. The number of ether oxygens (including phenoxy) is 1. The zero-order valence-electron chi connectivity index (χ0n) is 9.63. The number of methoxy groups -OCH3 is 1. The Balaban J connectivity index is 2.99. The number of aryl methyl sites for hydroxylation is 1. The topological polar surface area (TPSA) is 9.23 Å². The zero-order chi connectivity index (χ0) is 10.6. The number of hydrogen-bond donors (Lipinski definition) is 0. The monoisotopic (exact) mass is 192 g/mol. The Kier molecular flexibility index (Phi) is 3.99. The van der Waals surface area contributed by atoms with E-state index in [0.717, 1.165) is 12.2 Å². The maximum absolute atomic E-state index is 5.39. The van der Waals surface area contributed by atoms with Gasteiger partial charge in [0.1, 0.15) is 5.75 Å². The molecular formula is C13H20O. The van der Waals surface area contributed by atoms with Crippen molar-refractivity contribution < 1.29 is 4.74 Å². The molecule has 14 heavy (non-hydrogen) atoms. The number of hydrogen-bond acceptors (Lipinski definition) is 1. The van der Waals surface area contributed by atoms with Crippen LogP contribution in [0.5, 0.6) is 5.75 Å². The van der Waals surface area contributed by atoms with Gasteiger partial charge in [0.2, 0.25) is 0 Å². The second kappa shape index (κ2) is 5.04. The van der Waals surface area contributed by atoms with E-state index in [0.29, 0.717) is 5.92 Å². The van der Waals surface area contributed by atoms with Crippen LogP contribution in [-0.4, -0.2) is 7.11 Å². The summed E-state index contributed by atoms with van der Waals surface area (Å²) in [6, 6.07) is 6.56. The van der Waals surface area contributed by atoms with E-state index in [2.05, 4.69) is 39.0 Å². The molecule has 0 fully saturated rings. The molecule has 0 amide bonds. The van der Waals surface area contributed by atoms with Crippen LogP contribution in [0.3, 0.4) is 0 Å². The summed E-state index contributed by atoms with van der Waals surface area (Å²) in [4.78, 5) is 0. The molecule has 0 aliphatic carbocycles. The molecule has 0 heterocycles. The van der Waals surface area contributed by atoms with Gasteiger partial charge in [-0.1, -0.05) is 39.3 Å². The van der Waals surface area contributed by atoms with E-state index >= 15 is 0 Å². The molecule has 0 bridgehead atoms. The van der Waals surface area contributed by atoms with E-state index in [9.17, 15) is 0 Å². The van der Waals surface area contributed by atoms with E-state index in [-0.39, 0.29) is 0 Å². The van der Waals surface area contributed by atoms with Crippen LogP contribution in [0, 0.1) is 0 Å². The van der Waals surface area contributed by atoms with Gasteiger partial charge in [0.05, 0.1) is 7.11 Å². The van der Waals surface area contributed by atoms with Gasteiger partial charge in [-0.3, -0.25) is 0 Å². The fourth-order valence-electron chi connectivity index (χ4n) is 1.68. The van der Waals surface area contributed by atoms with Crippen molar-refractivity contribution in [3.63, 3.8) is 0 Å². The Bertz CT molecular complexity index is 289. The highest BCUT2D eigenvalue weighted by molar-refractivity contribution is 5.39. The molecule has 0 aliphatic rings. The number of rotatable bonds is 4. The molecule has 78 valence electrons. The lowest BCUT2D eigenvalue weighted by Crippen LogP contribution is -1.95. The molecule has 0 saturated carbocycles. The third kappa shape index (κ3) is 2.50. The summed E-state index contributed by atoms with van der Waals surface area (Å²) in [6.45, 7) is 6.58. The Morgan fingerprint density at radius 3 is 2.50 bits per heavy atom. The van der Waals surface area contributed by atoms with Gasteiger partial charge in [-0.25, -0.2) is 0 Å².